The van der Waals surface area contributed by atoms with Crippen molar-refractivity contribution in [2.45, 2.75) is 54.1 Å². The van der Waals surface area contributed by atoms with E-state index in [2.05, 4.69) is 23.2 Å². The van der Waals surface area contributed by atoms with Crippen LogP contribution in [0.5, 0.6) is 0 Å². The smallest absolute Gasteiger partial charge is 0.166 e. The average molecular weight is 274 g/mol. The quantitative estimate of drug-likeness (QED) is 0.788. The first-order valence-corrected chi connectivity index (χ1v) is 7.08. The van der Waals surface area contributed by atoms with Crippen LogP contribution in [0.25, 0.3) is 0 Å². The summed E-state index contributed by atoms with van der Waals surface area (Å²) in [5.74, 6) is 0.159. The summed E-state index contributed by atoms with van der Waals surface area (Å²) >= 11 is 0. The molecule has 2 heterocycles. The van der Waals surface area contributed by atoms with Crippen LogP contribution in [0.2, 0.25) is 0 Å². The minimum absolute atomic E-state index is 0.159. The fraction of sp³-hybridized carbons (Fsp3) is 0.533. The topological polar surface area (TPSA) is 52.7 Å². The van der Waals surface area contributed by atoms with E-state index in [4.69, 9.17) is 0 Å². The summed E-state index contributed by atoms with van der Waals surface area (Å²) in [7, 11) is 0. The van der Waals surface area contributed by atoms with Crippen molar-refractivity contribution in [3.63, 3.8) is 0 Å². The fourth-order valence-electron chi connectivity index (χ4n) is 2.58. The maximum Gasteiger partial charge on any atom is 0.166 e. The lowest BCUT2D eigenvalue weighted by molar-refractivity contribution is 0.0987. The molecule has 0 saturated carbocycles. The zero-order valence-electron chi connectivity index (χ0n) is 12.9. The molecular formula is C15H22N4O. The molecular weight excluding hydrogens is 252 g/mol. The monoisotopic (exact) mass is 274 g/mol. The molecule has 2 aromatic rings. The highest BCUT2D eigenvalue weighted by Gasteiger charge is 2.18. The van der Waals surface area contributed by atoms with E-state index in [1.807, 2.05) is 37.1 Å². The van der Waals surface area contributed by atoms with Crippen LogP contribution < -0.4 is 0 Å². The van der Waals surface area contributed by atoms with Gasteiger partial charge in [0, 0.05) is 18.7 Å². The van der Waals surface area contributed by atoms with Crippen LogP contribution in [0.4, 0.5) is 0 Å². The van der Waals surface area contributed by atoms with Crippen molar-refractivity contribution in [2.24, 2.45) is 0 Å². The lowest BCUT2D eigenvalue weighted by Crippen LogP contribution is -2.10. The summed E-state index contributed by atoms with van der Waals surface area (Å²) in [6.45, 7) is 11.3. The van der Waals surface area contributed by atoms with E-state index in [9.17, 15) is 4.79 Å². The highest BCUT2D eigenvalue weighted by molar-refractivity contribution is 5.97. The van der Waals surface area contributed by atoms with E-state index in [1.165, 1.54) is 0 Å². The van der Waals surface area contributed by atoms with E-state index >= 15 is 0 Å². The van der Waals surface area contributed by atoms with Gasteiger partial charge in [0.2, 0.25) is 0 Å². The summed E-state index contributed by atoms with van der Waals surface area (Å²) in [5, 5.41) is 8.96. The second-order valence-electron chi connectivity index (χ2n) is 5.07. The van der Waals surface area contributed by atoms with Gasteiger partial charge in [-0.3, -0.25) is 14.2 Å². The van der Waals surface area contributed by atoms with E-state index in [-0.39, 0.29) is 5.78 Å². The van der Waals surface area contributed by atoms with Gasteiger partial charge < -0.3 is 0 Å². The van der Waals surface area contributed by atoms with E-state index in [1.54, 1.807) is 0 Å². The Hall–Kier alpha value is -1.91. The number of hydrogen-bond acceptors (Lipinski definition) is 3. The number of hydrogen-bond donors (Lipinski definition) is 0. The van der Waals surface area contributed by atoms with Crippen LogP contribution in [0.3, 0.4) is 0 Å². The number of rotatable bonds is 5. The minimum atomic E-state index is 0.159. The number of carbonyl (C=O) groups excluding carboxylic acids is 1. The number of nitrogens with zero attached hydrogens (tertiary/aromatic N) is 4. The van der Waals surface area contributed by atoms with Crippen LogP contribution in [0.1, 0.15) is 53.4 Å². The van der Waals surface area contributed by atoms with E-state index < -0.39 is 0 Å². The number of aromatic nitrogens is 4. The van der Waals surface area contributed by atoms with Gasteiger partial charge in [0.25, 0.3) is 0 Å². The first-order chi connectivity index (χ1) is 9.47. The lowest BCUT2D eigenvalue weighted by Gasteiger charge is -2.07. The molecule has 0 aromatic carbocycles. The number of carbonyl (C=O) groups is 1. The molecule has 108 valence electrons. The highest BCUT2D eigenvalue weighted by atomic mass is 16.1. The van der Waals surface area contributed by atoms with Gasteiger partial charge in [0.05, 0.1) is 29.2 Å². The molecule has 0 N–H and O–H groups in total. The summed E-state index contributed by atoms with van der Waals surface area (Å²) in [6, 6.07) is 2.07. The first kappa shape index (κ1) is 14.5. The summed E-state index contributed by atoms with van der Waals surface area (Å²) in [6.07, 6.45) is 0.513. The van der Waals surface area contributed by atoms with Crippen molar-refractivity contribution >= 4 is 5.78 Å². The van der Waals surface area contributed by atoms with Crippen molar-refractivity contribution in [3.8, 4) is 0 Å². The number of aryl methyl sites for hydroxylation is 3. The first-order valence-electron chi connectivity index (χ1n) is 7.08. The fourth-order valence-corrected chi connectivity index (χ4v) is 2.58. The van der Waals surface area contributed by atoms with Crippen molar-refractivity contribution in [1.82, 2.24) is 19.6 Å². The molecule has 20 heavy (non-hydrogen) atoms. The molecule has 0 spiro atoms. The third-order valence-corrected chi connectivity index (χ3v) is 3.58. The van der Waals surface area contributed by atoms with Gasteiger partial charge in [-0.25, -0.2) is 0 Å². The zero-order chi connectivity index (χ0) is 14.9. The largest absolute Gasteiger partial charge is 0.294 e. The SMILES string of the molecule is CCC(=O)c1c(C)nn(Cc2cc(C)nn2CC)c1C. The summed E-state index contributed by atoms with van der Waals surface area (Å²) in [5.41, 5.74) is 4.65. The van der Waals surface area contributed by atoms with Gasteiger partial charge >= 0.3 is 0 Å². The second kappa shape index (κ2) is 5.61. The zero-order valence-corrected chi connectivity index (χ0v) is 12.9. The van der Waals surface area contributed by atoms with Crippen LogP contribution in [-0.2, 0) is 13.1 Å². The van der Waals surface area contributed by atoms with Crippen LogP contribution >= 0.6 is 0 Å². The Bertz CT molecular complexity index is 637. The molecule has 5 nitrogen and oxygen atoms in total. The normalized spacial score (nSPS) is 11.1. The Morgan fingerprint density at radius 2 is 1.85 bits per heavy atom. The summed E-state index contributed by atoms with van der Waals surface area (Å²) in [4.78, 5) is 12.0. The third kappa shape index (κ3) is 2.53. The molecule has 0 saturated heterocycles. The van der Waals surface area contributed by atoms with Crippen molar-refractivity contribution in [1.29, 1.82) is 0 Å². The molecule has 0 radical (unpaired) electrons. The lowest BCUT2D eigenvalue weighted by atomic mass is 10.1. The Labute approximate surface area is 119 Å². The Balaban J connectivity index is 2.37. The van der Waals surface area contributed by atoms with Gasteiger partial charge in [-0.15, -0.1) is 0 Å². The summed E-state index contributed by atoms with van der Waals surface area (Å²) < 4.78 is 3.88. The van der Waals surface area contributed by atoms with Crippen LogP contribution in [0, 0.1) is 20.8 Å². The molecule has 2 rings (SSSR count). The molecule has 0 fully saturated rings. The molecule has 0 aliphatic carbocycles. The third-order valence-electron chi connectivity index (χ3n) is 3.58. The second-order valence-corrected chi connectivity index (χ2v) is 5.07. The molecule has 0 aliphatic rings. The molecule has 0 amide bonds. The molecule has 2 aromatic heterocycles. The molecule has 0 bridgehead atoms. The maximum absolute atomic E-state index is 12.0. The van der Waals surface area contributed by atoms with Gasteiger partial charge in [-0.05, 0) is 33.8 Å². The van der Waals surface area contributed by atoms with Gasteiger partial charge in [0.15, 0.2) is 5.78 Å². The van der Waals surface area contributed by atoms with Crippen LogP contribution in [-0.4, -0.2) is 25.3 Å². The van der Waals surface area contributed by atoms with Crippen molar-refractivity contribution in [2.75, 3.05) is 0 Å². The molecule has 5 heteroatoms. The highest BCUT2D eigenvalue weighted by Crippen LogP contribution is 2.17. The van der Waals surface area contributed by atoms with Gasteiger partial charge in [-0.1, -0.05) is 6.92 Å². The standard InChI is InChI=1S/C15H22N4O/c1-6-14(20)15-11(4)17-19(12(15)5)9-13-8-10(3)16-18(13)7-2/h8H,6-7,9H2,1-5H3. The number of ketones is 1. The molecule has 0 atom stereocenters. The minimum Gasteiger partial charge on any atom is -0.294 e. The number of Topliss-reactive ketones (excluding diaryl/α,β-unsaturated/α-hetero) is 1. The molecule has 0 aliphatic heterocycles. The average Bonchev–Trinajstić information content (AvgIpc) is 2.90. The van der Waals surface area contributed by atoms with Gasteiger partial charge in [-0.2, -0.15) is 10.2 Å². The van der Waals surface area contributed by atoms with E-state index in [0.717, 1.165) is 34.9 Å². The maximum atomic E-state index is 12.0. The molecule has 0 unspecified atom stereocenters. The predicted molar refractivity (Wildman–Crippen MR) is 78.1 cm³/mol. The predicted octanol–water partition coefficient (Wildman–Crippen LogP) is 2.67. The van der Waals surface area contributed by atoms with Crippen LogP contribution in [0.15, 0.2) is 6.07 Å². The van der Waals surface area contributed by atoms with E-state index in [0.29, 0.717) is 13.0 Å². The Morgan fingerprint density at radius 3 is 2.45 bits per heavy atom. The van der Waals surface area contributed by atoms with Crippen molar-refractivity contribution < 1.29 is 4.79 Å². The Kier molecular flexibility index (Phi) is 4.06. The van der Waals surface area contributed by atoms with Gasteiger partial charge in [0.1, 0.15) is 0 Å². The van der Waals surface area contributed by atoms with Crippen molar-refractivity contribution in [3.05, 3.63) is 34.4 Å². The Morgan fingerprint density at radius 1 is 1.15 bits per heavy atom.